The maximum Gasteiger partial charge on any atom is 0.341 e. The van der Waals surface area contributed by atoms with Crippen LogP contribution in [-0.2, 0) is 9.09 Å². The Labute approximate surface area is 130 Å². The summed E-state index contributed by atoms with van der Waals surface area (Å²) in [6.45, 7) is 13.1. The molecule has 4 nitrogen and oxygen atoms in total. The van der Waals surface area contributed by atoms with Gasteiger partial charge in [0.15, 0.2) is 0 Å². The van der Waals surface area contributed by atoms with Crippen molar-refractivity contribution in [3.05, 3.63) is 0 Å². The second-order valence-electron chi connectivity index (χ2n) is 8.10. The van der Waals surface area contributed by atoms with Gasteiger partial charge in [-0.2, -0.15) is 0 Å². The van der Waals surface area contributed by atoms with Gasteiger partial charge in [-0.05, 0) is 57.3 Å². The molecule has 0 aromatic heterocycles. The Kier molecular flexibility index (Phi) is 6.92. The average molecular weight is 319 g/mol. The highest BCUT2D eigenvalue weighted by molar-refractivity contribution is 7.52. The molecule has 1 aliphatic rings. The normalized spacial score (nSPS) is 30.4. The van der Waals surface area contributed by atoms with E-state index in [2.05, 4.69) is 26.1 Å². The van der Waals surface area contributed by atoms with Crippen LogP contribution in [0.2, 0.25) is 0 Å². The standard InChI is InChI=1S/C16H34NO3P/c1-12(2)15-8-7-13(3)9-14(15)10-20-21(18,19)11-17-16(4,5)6/h12-15,17H,7-11H2,1-6H3,(H,18,19). The van der Waals surface area contributed by atoms with Gasteiger partial charge in [0, 0.05) is 5.54 Å². The molecular weight excluding hydrogens is 285 g/mol. The maximum absolute atomic E-state index is 12.1. The summed E-state index contributed by atoms with van der Waals surface area (Å²) >= 11 is 0. The molecule has 0 amide bonds. The van der Waals surface area contributed by atoms with E-state index in [1.54, 1.807) is 0 Å². The Hall–Kier alpha value is 0.110. The first kappa shape index (κ1) is 19.2. The molecule has 1 aliphatic carbocycles. The monoisotopic (exact) mass is 319 g/mol. The molecule has 4 atom stereocenters. The second-order valence-corrected chi connectivity index (χ2v) is 9.95. The third-order valence-corrected chi connectivity index (χ3v) is 5.57. The predicted molar refractivity (Wildman–Crippen MR) is 88.4 cm³/mol. The van der Waals surface area contributed by atoms with Gasteiger partial charge in [0.05, 0.1) is 12.9 Å². The molecule has 1 fully saturated rings. The summed E-state index contributed by atoms with van der Waals surface area (Å²) in [5.74, 6) is 2.32. The fourth-order valence-electron chi connectivity index (χ4n) is 3.19. The Morgan fingerprint density at radius 1 is 1.33 bits per heavy atom. The molecule has 0 heterocycles. The highest BCUT2D eigenvalue weighted by Gasteiger charge is 2.33. The topological polar surface area (TPSA) is 58.6 Å². The zero-order chi connectivity index (χ0) is 16.3. The van der Waals surface area contributed by atoms with Crippen molar-refractivity contribution >= 4 is 7.60 Å². The van der Waals surface area contributed by atoms with E-state index in [1.807, 2.05) is 20.8 Å². The van der Waals surface area contributed by atoms with Crippen LogP contribution >= 0.6 is 7.60 Å². The van der Waals surface area contributed by atoms with Crippen molar-refractivity contribution in [2.45, 2.75) is 66.3 Å². The lowest BCUT2D eigenvalue weighted by molar-refractivity contribution is 0.0871. The van der Waals surface area contributed by atoms with Gasteiger partial charge in [-0.15, -0.1) is 0 Å². The first-order valence-electron chi connectivity index (χ1n) is 8.21. The molecular formula is C16H34NO3P. The molecule has 5 heteroatoms. The Morgan fingerprint density at radius 3 is 2.48 bits per heavy atom. The van der Waals surface area contributed by atoms with Gasteiger partial charge in [0.25, 0.3) is 0 Å². The van der Waals surface area contributed by atoms with Crippen LogP contribution in [0.4, 0.5) is 0 Å². The fourth-order valence-corrected chi connectivity index (χ4v) is 4.38. The molecule has 0 bridgehead atoms. The predicted octanol–water partition coefficient (Wildman–Crippen LogP) is 4.24. The minimum atomic E-state index is -3.54. The van der Waals surface area contributed by atoms with Crippen molar-refractivity contribution in [2.24, 2.45) is 23.7 Å². The van der Waals surface area contributed by atoms with E-state index in [4.69, 9.17) is 4.52 Å². The molecule has 4 unspecified atom stereocenters. The second kappa shape index (κ2) is 7.59. The molecule has 0 radical (unpaired) electrons. The summed E-state index contributed by atoms with van der Waals surface area (Å²) in [6.07, 6.45) is 3.60. The number of hydrogen-bond acceptors (Lipinski definition) is 3. The van der Waals surface area contributed by atoms with Crippen LogP contribution in [0.15, 0.2) is 0 Å². The third-order valence-electron chi connectivity index (χ3n) is 4.46. The smallest absolute Gasteiger partial charge is 0.323 e. The van der Waals surface area contributed by atoms with Gasteiger partial charge in [0.1, 0.15) is 0 Å². The largest absolute Gasteiger partial charge is 0.341 e. The van der Waals surface area contributed by atoms with Gasteiger partial charge < -0.3 is 14.7 Å². The quantitative estimate of drug-likeness (QED) is 0.719. The number of nitrogens with one attached hydrogen (secondary N) is 1. The van der Waals surface area contributed by atoms with Crippen molar-refractivity contribution in [3.63, 3.8) is 0 Å². The van der Waals surface area contributed by atoms with Crippen LogP contribution in [0.25, 0.3) is 0 Å². The lowest BCUT2D eigenvalue weighted by Gasteiger charge is -2.37. The molecule has 0 saturated heterocycles. The molecule has 126 valence electrons. The van der Waals surface area contributed by atoms with Gasteiger partial charge in [-0.25, -0.2) is 0 Å². The highest BCUT2D eigenvalue weighted by Crippen LogP contribution is 2.45. The Bertz CT molecular complexity index is 365. The molecule has 2 N–H and O–H groups in total. The molecule has 0 spiro atoms. The molecule has 0 aromatic rings. The van der Waals surface area contributed by atoms with Crippen molar-refractivity contribution < 1.29 is 14.0 Å². The minimum Gasteiger partial charge on any atom is -0.323 e. The molecule has 0 aliphatic heterocycles. The van der Waals surface area contributed by atoms with Crippen LogP contribution in [0.1, 0.15) is 60.8 Å². The van der Waals surface area contributed by atoms with Crippen molar-refractivity contribution in [3.8, 4) is 0 Å². The molecule has 21 heavy (non-hydrogen) atoms. The van der Waals surface area contributed by atoms with Crippen molar-refractivity contribution in [1.29, 1.82) is 0 Å². The molecule has 1 saturated carbocycles. The van der Waals surface area contributed by atoms with E-state index in [-0.39, 0.29) is 11.8 Å². The van der Waals surface area contributed by atoms with E-state index in [1.165, 1.54) is 12.8 Å². The van der Waals surface area contributed by atoms with E-state index < -0.39 is 7.60 Å². The summed E-state index contributed by atoms with van der Waals surface area (Å²) in [5.41, 5.74) is -0.179. The first-order valence-corrected chi connectivity index (χ1v) is 9.98. The highest BCUT2D eigenvalue weighted by atomic mass is 31.2. The maximum atomic E-state index is 12.1. The summed E-state index contributed by atoms with van der Waals surface area (Å²) in [5, 5.41) is 3.05. The van der Waals surface area contributed by atoms with Gasteiger partial charge >= 0.3 is 7.60 Å². The van der Waals surface area contributed by atoms with Crippen molar-refractivity contribution in [2.75, 3.05) is 12.9 Å². The lowest BCUT2D eigenvalue weighted by atomic mass is 9.70. The average Bonchev–Trinajstić information content (AvgIpc) is 2.33. The summed E-state index contributed by atoms with van der Waals surface area (Å²) in [7, 11) is -3.54. The zero-order valence-corrected chi connectivity index (χ0v) is 15.5. The van der Waals surface area contributed by atoms with E-state index in [0.717, 1.165) is 6.42 Å². The number of rotatable bonds is 6. The molecule has 0 aromatic carbocycles. The Balaban J connectivity index is 2.52. The van der Waals surface area contributed by atoms with E-state index >= 15 is 0 Å². The minimum absolute atomic E-state index is 0.0190. The summed E-state index contributed by atoms with van der Waals surface area (Å²) < 4.78 is 17.6. The number of hydrogen-bond donors (Lipinski definition) is 2. The molecule has 1 rings (SSSR count). The Morgan fingerprint density at radius 2 is 1.95 bits per heavy atom. The van der Waals surface area contributed by atoms with E-state index in [9.17, 15) is 9.46 Å². The SMILES string of the molecule is CC1CCC(C(C)C)C(COP(=O)(O)CNC(C)(C)C)C1. The van der Waals surface area contributed by atoms with Crippen LogP contribution in [-0.4, -0.2) is 23.3 Å². The van der Waals surface area contributed by atoms with Crippen molar-refractivity contribution in [1.82, 2.24) is 5.32 Å². The fraction of sp³-hybridized carbons (Fsp3) is 1.00. The lowest BCUT2D eigenvalue weighted by Crippen LogP contribution is -2.37. The summed E-state index contributed by atoms with van der Waals surface area (Å²) in [4.78, 5) is 9.97. The van der Waals surface area contributed by atoms with Crippen LogP contribution in [0.5, 0.6) is 0 Å². The van der Waals surface area contributed by atoms with Crippen LogP contribution < -0.4 is 5.32 Å². The van der Waals surface area contributed by atoms with Gasteiger partial charge in [0.2, 0.25) is 0 Å². The zero-order valence-electron chi connectivity index (χ0n) is 14.6. The third kappa shape index (κ3) is 7.27. The van der Waals surface area contributed by atoms with Gasteiger partial charge in [-0.3, -0.25) is 4.57 Å². The van der Waals surface area contributed by atoms with Gasteiger partial charge in [-0.1, -0.05) is 27.2 Å². The van der Waals surface area contributed by atoms with E-state index in [0.29, 0.717) is 30.3 Å². The first-order chi connectivity index (χ1) is 9.50. The summed E-state index contributed by atoms with van der Waals surface area (Å²) in [6, 6.07) is 0. The van der Waals surface area contributed by atoms with Crippen LogP contribution in [0, 0.1) is 23.7 Å². The van der Waals surface area contributed by atoms with Crippen LogP contribution in [0.3, 0.4) is 0 Å².